The summed E-state index contributed by atoms with van der Waals surface area (Å²) in [6, 6.07) is 14.3. The molecule has 1 saturated heterocycles. The van der Waals surface area contributed by atoms with E-state index in [0.717, 1.165) is 48.4 Å². The number of benzene rings is 2. The van der Waals surface area contributed by atoms with Crippen LogP contribution < -0.4 is 9.64 Å². The molecule has 1 atom stereocenters. The predicted molar refractivity (Wildman–Crippen MR) is 104 cm³/mol. The number of fused-ring (bicyclic) bond motifs is 1. The summed E-state index contributed by atoms with van der Waals surface area (Å²) in [5, 5.41) is 6.82. The molecule has 5 heteroatoms. The molecule has 1 aromatic heterocycles. The zero-order chi connectivity index (χ0) is 18.4. The van der Waals surface area contributed by atoms with Crippen LogP contribution in [0.2, 0.25) is 0 Å². The highest BCUT2D eigenvalue weighted by Gasteiger charge is 2.50. The van der Waals surface area contributed by atoms with Gasteiger partial charge >= 0.3 is 0 Å². The Labute approximate surface area is 158 Å². The van der Waals surface area contributed by atoms with Crippen LogP contribution in [0.3, 0.4) is 0 Å². The minimum absolute atomic E-state index is 0.244. The predicted octanol–water partition coefficient (Wildman–Crippen LogP) is 3.61. The molecule has 2 aliphatic rings. The number of hydrogen-bond acceptors (Lipinski definition) is 3. The number of amides is 1. The van der Waals surface area contributed by atoms with Crippen molar-refractivity contribution >= 4 is 11.6 Å². The molecule has 2 aromatic carbocycles. The van der Waals surface area contributed by atoms with Crippen LogP contribution in [0.5, 0.6) is 5.75 Å². The summed E-state index contributed by atoms with van der Waals surface area (Å²) in [5.41, 5.74) is 5.34. The lowest BCUT2D eigenvalue weighted by molar-refractivity contribution is -0.125. The fraction of sp³-hybridized carbons (Fsp3) is 0.273. The summed E-state index contributed by atoms with van der Waals surface area (Å²) in [7, 11) is 1.68. The molecule has 0 bridgehead atoms. The van der Waals surface area contributed by atoms with Gasteiger partial charge in [0.25, 0.3) is 0 Å². The number of carbonyl (C=O) groups excluding carboxylic acids is 1. The molecule has 1 spiro atoms. The van der Waals surface area contributed by atoms with Crippen LogP contribution in [0.15, 0.2) is 54.9 Å². The van der Waals surface area contributed by atoms with Crippen LogP contribution in [-0.2, 0) is 17.6 Å². The number of nitrogens with zero attached hydrogens (tertiary/aromatic N) is 2. The van der Waals surface area contributed by atoms with E-state index in [2.05, 4.69) is 22.3 Å². The van der Waals surface area contributed by atoms with Crippen LogP contribution in [0, 0.1) is 5.41 Å². The van der Waals surface area contributed by atoms with Gasteiger partial charge in [-0.05, 0) is 60.2 Å². The Morgan fingerprint density at radius 3 is 2.63 bits per heavy atom. The Kier molecular flexibility index (Phi) is 3.57. The summed E-state index contributed by atoms with van der Waals surface area (Å²) < 4.78 is 5.35. The summed E-state index contributed by atoms with van der Waals surface area (Å²) in [5.74, 6) is 1.11. The molecule has 5 nitrogen and oxygen atoms in total. The monoisotopic (exact) mass is 359 g/mol. The number of aromatic nitrogens is 2. The number of carbonyl (C=O) groups is 1. The molecule has 1 N–H and O–H groups in total. The molecule has 1 fully saturated rings. The average molecular weight is 359 g/mol. The van der Waals surface area contributed by atoms with Gasteiger partial charge in [0.15, 0.2) is 0 Å². The number of aromatic amines is 1. The van der Waals surface area contributed by atoms with Crippen molar-refractivity contribution in [3.8, 4) is 16.9 Å². The van der Waals surface area contributed by atoms with Crippen LogP contribution in [0.4, 0.5) is 5.69 Å². The number of anilines is 1. The van der Waals surface area contributed by atoms with Gasteiger partial charge in [-0.2, -0.15) is 5.10 Å². The zero-order valence-corrected chi connectivity index (χ0v) is 15.2. The summed E-state index contributed by atoms with van der Waals surface area (Å²) in [6.07, 6.45) is 6.20. The first-order valence-electron chi connectivity index (χ1n) is 9.25. The van der Waals surface area contributed by atoms with Gasteiger partial charge in [-0.3, -0.25) is 9.89 Å². The van der Waals surface area contributed by atoms with E-state index in [-0.39, 0.29) is 11.3 Å². The first-order valence-corrected chi connectivity index (χ1v) is 9.25. The van der Waals surface area contributed by atoms with Crippen molar-refractivity contribution in [2.45, 2.75) is 19.3 Å². The maximum Gasteiger partial charge on any atom is 0.233 e. The van der Waals surface area contributed by atoms with Crippen LogP contribution in [-0.4, -0.2) is 29.8 Å². The quantitative estimate of drug-likeness (QED) is 0.777. The van der Waals surface area contributed by atoms with Gasteiger partial charge in [0.05, 0.1) is 18.7 Å². The molecule has 3 aromatic rings. The normalized spacial score (nSPS) is 21.1. The van der Waals surface area contributed by atoms with Crippen molar-refractivity contribution in [2.24, 2.45) is 5.41 Å². The van der Waals surface area contributed by atoms with Gasteiger partial charge in [0, 0.05) is 24.0 Å². The maximum atomic E-state index is 13.3. The molecule has 1 aliphatic heterocycles. The summed E-state index contributed by atoms with van der Waals surface area (Å²) in [6.45, 7) is 0.773. The van der Waals surface area contributed by atoms with Crippen LogP contribution in [0.25, 0.3) is 11.1 Å². The Hall–Kier alpha value is -3.08. The molecule has 2 heterocycles. The Morgan fingerprint density at radius 2 is 1.89 bits per heavy atom. The van der Waals surface area contributed by atoms with Crippen molar-refractivity contribution in [2.75, 3.05) is 18.6 Å². The van der Waals surface area contributed by atoms with E-state index >= 15 is 0 Å². The van der Waals surface area contributed by atoms with E-state index < -0.39 is 0 Å². The number of methoxy groups -OCH3 is 1. The minimum Gasteiger partial charge on any atom is -0.497 e. The first kappa shape index (κ1) is 16.1. The smallest absolute Gasteiger partial charge is 0.233 e. The first-order chi connectivity index (χ1) is 13.2. The fourth-order valence-corrected chi connectivity index (χ4v) is 4.50. The Morgan fingerprint density at radius 1 is 1.07 bits per heavy atom. The van der Waals surface area contributed by atoms with E-state index in [0.29, 0.717) is 0 Å². The minimum atomic E-state index is -0.294. The zero-order valence-electron chi connectivity index (χ0n) is 15.2. The number of hydrogen-bond donors (Lipinski definition) is 1. The molecular weight excluding hydrogens is 338 g/mol. The van der Waals surface area contributed by atoms with Gasteiger partial charge in [-0.25, -0.2) is 0 Å². The SMILES string of the molecule is COc1ccc2c(c1)CC1(CCN(c3ccc(-c4cn[nH]c4)cc3)C1=O)C2. The third kappa shape index (κ3) is 2.53. The van der Waals surface area contributed by atoms with E-state index in [1.807, 2.05) is 41.4 Å². The van der Waals surface area contributed by atoms with Crippen molar-refractivity contribution < 1.29 is 9.53 Å². The topological polar surface area (TPSA) is 58.2 Å². The Bertz CT molecular complexity index is 995. The highest BCUT2D eigenvalue weighted by atomic mass is 16.5. The average Bonchev–Trinajstić information content (AvgIpc) is 3.42. The highest BCUT2D eigenvalue weighted by Crippen LogP contribution is 2.46. The molecule has 27 heavy (non-hydrogen) atoms. The van der Waals surface area contributed by atoms with Gasteiger partial charge < -0.3 is 9.64 Å². The summed E-state index contributed by atoms with van der Waals surface area (Å²) in [4.78, 5) is 15.3. The second kappa shape index (κ2) is 5.98. The van der Waals surface area contributed by atoms with Crippen LogP contribution in [0.1, 0.15) is 17.5 Å². The summed E-state index contributed by atoms with van der Waals surface area (Å²) >= 11 is 0. The third-order valence-electron chi connectivity index (χ3n) is 5.99. The number of ether oxygens (including phenoxy) is 1. The van der Waals surface area contributed by atoms with Gasteiger partial charge in [-0.1, -0.05) is 18.2 Å². The molecule has 0 radical (unpaired) electrons. The highest BCUT2D eigenvalue weighted by molar-refractivity contribution is 6.01. The maximum absolute atomic E-state index is 13.3. The lowest BCUT2D eigenvalue weighted by Crippen LogP contribution is -2.35. The lowest BCUT2D eigenvalue weighted by Gasteiger charge is -2.23. The van der Waals surface area contributed by atoms with Crippen LogP contribution >= 0.6 is 0 Å². The Balaban J connectivity index is 1.39. The molecule has 1 aliphatic carbocycles. The third-order valence-corrected chi connectivity index (χ3v) is 5.99. The van der Waals surface area contributed by atoms with Crippen molar-refractivity contribution in [3.05, 3.63) is 66.0 Å². The molecule has 1 unspecified atom stereocenters. The largest absolute Gasteiger partial charge is 0.497 e. The molecule has 5 rings (SSSR count). The van der Waals surface area contributed by atoms with Crippen molar-refractivity contribution in [3.63, 3.8) is 0 Å². The van der Waals surface area contributed by atoms with E-state index in [4.69, 9.17) is 4.74 Å². The number of rotatable bonds is 3. The second-order valence-electron chi connectivity index (χ2n) is 7.51. The van der Waals surface area contributed by atoms with Crippen molar-refractivity contribution in [1.82, 2.24) is 10.2 Å². The standard InChI is InChI=1S/C22H21N3O2/c1-27-20-7-4-16-11-22(12-17(16)10-20)8-9-25(21(22)26)19-5-2-15(3-6-19)18-13-23-24-14-18/h2-7,10,13-14H,8-9,11-12H2,1H3,(H,23,24). The number of H-pyrrole nitrogens is 1. The number of nitrogens with one attached hydrogen (secondary N) is 1. The molecule has 0 saturated carbocycles. The second-order valence-corrected chi connectivity index (χ2v) is 7.51. The lowest BCUT2D eigenvalue weighted by atomic mass is 9.83. The molecular formula is C22H21N3O2. The van der Waals surface area contributed by atoms with E-state index in [9.17, 15) is 4.79 Å². The van der Waals surface area contributed by atoms with Gasteiger partial charge in [-0.15, -0.1) is 0 Å². The van der Waals surface area contributed by atoms with E-state index in [1.165, 1.54) is 11.1 Å². The molecule has 1 amide bonds. The molecule has 136 valence electrons. The van der Waals surface area contributed by atoms with Gasteiger partial charge in [0.2, 0.25) is 5.91 Å². The van der Waals surface area contributed by atoms with Gasteiger partial charge in [0.1, 0.15) is 5.75 Å². The van der Waals surface area contributed by atoms with Crippen molar-refractivity contribution in [1.29, 1.82) is 0 Å². The fourth-order valence-electron chi connectivity index (χ4n) is 4.50. The van der Waals surface area contributed by atoms with E-state index in [1.54, 1.807) is 13.3 Å².